The Bertz CT molecular complexity index is 236. The average molecular weight is 186 g/mol. The quantitative estimate of drug-likeness (QED) is 0.724. The normalized spacial score (nSPS) is 8.75. The summed E-state index contributed by atoms with van der Waals surface area (Å²) in [7, 11) is 1.76. The van der Waals surface area contributed by atoms with Crippen LogP contribution in [-0.2, 0) is 0 Å². The van der Waals surface area contributed by atoms with Crippen LogP contribution in [0.1, 0.15) is 10.4 Å². The van der Waals surface area contributed by atoms with Gasteiger partial charge in [-0.2, -0.15) is 0 Å². The predicted molar refractivity (Wildman–Crippen MR) is 51.9 cm³/mol. The summed E-state index contributed by atoms with van der Waals surface area (Å²) in [6.45, 7) is 0.407. The van der Waals surface area contributed by atoms with Crippen molar-refractivity contribution >= 4 is 18.2 Å². The van der Waals surface area contributed by atoms with E-state index in [4.69, 9.17) is 0 Å². The lowest BCUT2D eigenvalue weighted by molar-refractivity contribution is 0.0993. The van der Waals surface area contributed by atoms with Crippen molar-refractivity contribution in [2.75, 3.05) is 13.6 Å². The van der Waals surface area contributed by atoms with E-state index in [0.29, 0.717) is 6.54 Å². The summed E-state index contributed by atoms with van der Waals surface area (Å²) in [6, 6.07) is 9.27. The molecule has 1 N–H and O–H groups in total. The van der Waals surface area contributed by atoms with E-state index < -0.39 is 0 Å². The number of likely N-dealkylation sites (N-methyl/N-ethyl adjacent to an activating group) is 1. The van der Waals surface area contributed by atoms with Crippen molar-refractivity contribution in [1.82, 2.24) is 5.32 Å². The predicted octanol–water partition coefficient (Wildman–Crippen LogP) is 1.51. The molecular weight excluding hydrogens is 174 g/mol. The van der Waals surface area contributed by atoms with Crippen molar-refractivity contribution in [2.45, 2.75) is 0 Å². The molecule has 0 fully saturated rings. The fourth-order valence-corrected chi connectivity index (χ4v) is 0.887. The van der Waals surface area contributed by atoms with E-state index in [9.17, 15) is 4.79 Å². The molecule has 0 amide bonds. The maximum Gasteiger partial charge on any atom is 0.176 e. The van der Waals surface area contributed by atoms with Crippen LogP contribution < -0.4 is 5.32 Å². The smallest absolute Gasteiger partial charge is 0.176 e. The number of carbonyl (C=O) groups excluding carboxylic acids is 1. The van der Waals surface area contributed by atoms with Gasteiger partial charge in [-0.15, -0.1) is 12.4 Å². The lowest BCUT2D eigenvalue weighted by Gasteiger charge is -1.97. The van der Waals surface area contributed by atoms with Gasteiger partial charge in [0.2, 0.25) is 0 Å². The Hall–Kier alpha value is -0.860. The Labute approximate surface area is 78.4 Å². The first-order chi connectivity index (χ1) is 5.34. The molecule has 2 nitrogen and oxygen atoms in total. The Morgan fingerprint density at radius 3 is 2.42 bits per heavy atom. The van der Waals surface area contributed by atoms with E-state index in [1.807, 2.05) is 30.3 Å². The molecule has 1 aromatic rings. The van der Waals surface area contributed by atoms with Crippen LogP contribution in [0.25, 0.3) is 0 Å². The van der Waals surface area contributed by atoms with Crippen LogP contribution >= 0.6 is 12.4 Å². The van der Waals surface area contributed by atoms with Crippen LogP contribution in [0, 0.1) is 0 Å². The first-order valence-electron chi connectivity index (χ1n) is 3.57. The third-order valence-electron chi connectivity index (χ3n) is 1.43. The Morgan fingerprint density at radius 2 is 1.92 bits per heavy atom. The standard InChI is InChI=1S/C9H11NO.ClH/c1-10-7-9(11)8-5-3-2-4-6-8;/h2-6,10H,7H2,1H3;1H. The Balaban J connectivity index is 0.00000121. The molecule has 0 spiro atoms. The van der Waals surface area contributed by atoms with Gasteiger partial charge >= 0.3 is 0 Å². The van der Waals surface area contributed by atoms with Crippen molar-refractivity contribution < 1.29 is 4.79 Å². The third kappa shape index (κ3) is 3.03. The van der Waals surface area contributed by atoms with Crippen LogP contribution in [0.4, 0.5) is 0 Å². The number of Topliss-reactive ketones (excluding diaryl/α,β-unsaturated/α-hetero) is 1. The largest absolute Gasteiger partial charge is 0.313 e. The maximum absolute atomic E-state index is 11.2. The molecule has 1 rings (SSSR count). The van der Waals surface area contributed by atoms with Gasteiger partial charge in [-0.3, -0.25) is 4.79 Å². The highest BCUT2D eigenvalue weighted by molar-refractivity contribution is 5.97. The molecule has 66 valence electrons. The minimum Gasteiger partial charge on any atom is -0.313 e. The van der Waals surface area contributed by atoms with E-state index in [2.05, 4.69) is 5.32 Å². The highest BCUT2D eigenvalue weighted by Gasteiger charge is 2.00. The van der Waals surface area contributed by atoms with Gasteiger partial charge in [-0.1, -0.05) is 30.3 Å². The van der Waals surface area contributed by atoms with Gasteiger partial charge in [0.15, 0.2) is 5.78 Å². The van der Waals surface area contributed by atoms with E-state index in [1.54, 1.807) is 7.05 Å². The zero-order valence-electron chi connectivity index (χ0n) is 6.91. The molecule has 0 aliphatic carbocycles. The first kappa shape index (κ1) is 11.1. The van der Waals surface area contributed by atoms with Gasteiger partial charge in [-0.25, -0.2) is 0 Å². The van der Waals surface area contributed by atoms with Crippen LogP contribution in [0.15, 0.2) is 30.3 Å². The fourth-order valence-electron chi connectivity index (χ4n) is 0.887. The van der Waals surface area contributed by atoms with Gasteiger partial charge < -0.3 is 5.32 Å². The first-order valence-corrected chi connectivity index (χ1v) is 3.57. The second-order valence-electron chi connectivity index (χ2n) is 2.32. The molecule has 0 unspecified atom stereocenters. The number of carbonyl (C=O) groups is 1. The molecule has 1 aromatic carbocycles. The number of halogens is 1. The summed E-state index contributed by atoms with van der Waals surface area (Å²) in [5.74, 6) is 0.133. The van der Waals surface area contributed by atoms with Crippen LogP contribution in [0.2, 0.25) is 0 Å². The summed E-state index contributed by atoms with van der Waals surface area (Å²) in [5.41, 5.74) is 0.766. The molecule has 0 atom stereocenters. The van der Waals surface area contributed by atoms with Gasteiger partial charge in [0, 0.05) is 5.56 Å². The number of nitrogens with one attached hydrogen (secondary N) is 1. The molecule has 12 heavy (non-hydrogen) atoms. The minimum absolute atomic E-state index is 0. The topological polar surface area (TPSA) is 29.1 Å². The molecule has 0 aromatic heterocycles. The second kappa shape index (κ2) is 5.75. The van der Waals surface area contributed by atoms with Crippen molar-refractivity contribution in [1.29, 1.82) is 0 Å². The van der Waals surface area contributed by atoms with Crippen molar-refractivity contribution in [2.24, 2.45) is 0 Å². The number of hydrogen-bond donors (Lipinski definition) is 1. The van der Waals surface area contributed by atoms with E-state index in [-0.39, 0.29) is 18.2 Å². The summed E-state index contributed by atoms with van der Waals surface area (Å²) < 4.78 is 0. The van der Waals surface area contributed by atoms with Crippen molar-refractivity contribution in [3.8, 4) is 0 Å². The van der Waals surface area contributed by atoms with Crippen molar-refractivity contribution in [3.63, 3.8) is 0 Å². The van der Waals surface area contributed by atoms with Gasteiger partial charge in [0.25, 0.3) is 0 Å². The van der Waals surface area contributed by atoms with Gasteiger partial charge in [0.1, 0.15) is 0 Å². The zero-order chi connectivity index (χ0) is 8.10. The number of rotatable bonds is 3. The molecule has 0 aliphatic rings. The molecule has 0 bridgehead atoms. The SMILES string of the molecule is CNCC(=O)c1ccccc1.Cl. The average Bonchev–Trinajstić information content (AvgIpc) is 2.07. The number of benzene rings is 1. The van der Waals surface area contributed by atoms with Gasteiger partial charge in [0.05, 0.1) is 6.54 Å². The van der Waals surface area contributed by atoms with E-state index in [0.717, 1.165) is 5.56 Å². The summed E-state index contributed by atoms with van der Waals surface area (Å²) >= 11 is 0. The van der Waals surface area contributed by atoms with E-state index in [1.165, 1.54) is 0 Å². The summed E-state index contributed by atoms with van der Waals surface area (Å²) in [6.07, 6.45) is 0. The Morgan fingerprint density at radius 1 is 1.33 bits per heavy atom. The zero-order valence-corrected chi connectivity index (χ0v) is 7.73. The highest BCUT2D eigenvalue weighted by Crippen LogP contribution is 1.98. The number of hydrogen-bond acceptors (Lipinski definition) is 2. The lowest BCUT2D eigenvalue weighted by Crippen LogP contribution is -2.18. The summed E-state index contributed by atoms with van der Waals surface area (Å²) in [4.78, 5) is 11.2. The van der Waals surface area contributed by atoms with Crippen LogP contribution in [-0.4, -0.2) is 19.4 Å². The van der Waals surface area contributed by atoms with Crippen LogP contribution in [0.3, 0.4) is 0 Å². The lowest BCUT2D eigenvalue weighted by atomic mass is 10.1. The molecule has 0 saturated heterocycles. The van der Waals surface area contributed by atoms with Crippen LogP contribution in [0.5, 0.6) is 0 Å². The summed E-state index contributed by atoms with van der Waals surface area (Å²) in [5, 5.41) is 2.82. The Kier molecular flexibility index (Phi) is 5.34. The molecule has 0 radical (unpaired) electrons. The molecular formula is C9H12ClNO. The molecule has 0 heterocycles. The van der Waals surface area contributed by atoms with Gasteiger partial charge in [-0.05, 0) is 7.05 Å². The second-order valence-corrected chi connectivity index (χ2v) is 2.32. The van der Waals surface area contributed by atoms with Crippen molar-refractivity contribution in [3.05, 3.63) is 35.9 Å². The van der Waals surface area contributed by atoms with E-state index >= 15 is 0 Å². The molecule has 0 saturated carbocycles. The molecule has 3 heteroatoms. The fraction of sp³-hybridized carbons (Fsp3) is 0.222. The number of ketones is 1. The minimum atomic E-state index is 0. The molecule has 0 aliphatic heterocycles. The maximum atomic E-state index is 11.2. The highest BCUT2D eigenvalue weighted by atomic mass is 35.5. The third-order valence-corrected chi connectivity index (χ3v) is 1.43. The monoisotopic (exact) mass is 185 g/mol.